The summed E-state index contributed by atoms with van der Waals surface area (Å²) in [5, 5.41) is 10.6. The Bertz CT molecular complexity index is 470. The summed E-state index contributed by atoms with van der Waals surface area (Å²) < 4.78 is 5.17. The van der Waals surface area contributed by atoms with Gasteiger partial charge in [-0.3, -0.25) is 4.79 Å². The summed E-state index contributed by atoms with van der Waals surface area (Å²) in [6, 6.07) is -0.268. The van der Waals surface area contributed by atoms with Crippen molar-refractivity contribution in [3.05, 3.63) is 0 Å². The minimum atomic E-state index is -0.669. The predicted octanol–water partition coefficient (Wildman–Crippen LogP) is 3.59. The van der Waals surface area contributed by atoms with Crippen molar-refractivity contribution in [3.63, 3.8) is 0 Å². The van der Waals surface area contributed by atoms with Gasteiger partial charge in [-0.1, -0.05) is 47.5 Å². The van der Waals surface area contributed by atoms with E-state index in [1.54, 1.807) is 0 Å². The Hall–Kier alpha value is -1.10. The summed E-state index contributed by atoms with van der Waals surface area (Å²) in [4.78, 5) is 26.7. The molecule has 0 unspecified atom stereocenters. The second-order valence-electron chi connectivity index (χ2n) is 8.74. The molecule has 0 aromatic carbocycles. The molecule has 0 spiro atoms. The van der Waals surface area contributed by atoms with Gasteiger partial charge in [0.1, 0.15) is 6.61 Å². The number of cyclic esters (lactones) is 1. The van der Waals surface area contributed by atoms with Crippen LogP contribution in [0.3, 0.4) is 0 Å². The third kappa shape index (κ3) is 3.93. The summed E-state index contributed by atoms with van der Waals surface area (Å²) in [6.45, 7) is 10.5. The number of aliphatic hydroxyl groups is 1. The topological polar surface area (TPSA) is 66.8 Å². The molecule has 5 nitrogen and oxygen atoms in total. The number of amides is 2. The molecule has 0 bridgehead atoms. The van der Waals surface area contributed by atoms with Crippen LogP contribution in [0.4, 0.5) is 4.79 Å². The summed E-state index contributed by atoms with van der Waals surface area (Å²) in [5.74, 6) is -0.166. The van der Waals surface area contributed by atoms with Crippen LogP contribution in [0, 0.1) is 23.2 Å². The molecule has 2 aliphatic rings. The number of unbranched alkanes of at least 4 members (excludes halogenated alkanes) is 1. The molecule has 1 saturated carbocycles. The standard InChI is InChI=1S/C19H33NO4/c1-6-7-8-13-9-12(2)10-14(21)16(13)17(22)20-15(19(3,4)5)11-24-18(20)23/h12-16,21H,6-11H2,1-5H3/t12-,13+,14+,15+,16-/m0/s1. The van der Waals surface area contributed by atoms with Crippen LogP contribution in [0.5, 0.6) is 0 Å². The number of hydrogen-bond acceptors (Lipinski definition) is 4. The quantitative estimate of drug-likeness (QED) is 0.850. The van der Waals surface area contributed by atoms with Gasteiger partial charge in [-0.25, -0.2) is 9.69 Å². The molecular weight excluding hydrogens is 306 g/mol. The molecule has 2 fully saturated rings. The highest BCUT2D eigenvalue weighted by Crippen LogP contribution is 2.40. The van der Waals surface area contributed by atoms with Crippen LogP contribution in [0.25, 0.3) is 0 Å². The van der Waals surface area contributed by atoms with Crippen LogP contribution < -0.4 is 0 Å². The third-order valence-corrected chi connectivity index (χ3v) is 5.60. The van der Waals surface area contributed by atoms with Gasteiger partial charge in [0.25, 0.3) is 0 Å². The molecule has 1 heterocycles. The van der Waals surface area contributed by atoms with Crippen LogP contribution in [-0.2, 0) is 9.53 Å². The first-order valence-electron chi connectivity index (χ1n) is 9.34. The van der Waals surface area contributed by atoms with E-state index in [9.17, 15) is 14.7 Å². The van der Waals surface area contributed by atoms with Crippen molar-refractivity contribution in [2.24, 2.45) is 23.2 Å². The highest BCUT2D eigenvalue weighted by molar-refractivity contribution is 5.95. The average molecular weight is 339 g/mol. The Morgan fingerprint density at radius 2 is 2.00 bits per heavy atom. The lowest BCUT2D eigenvalue weighted by atomic mass is 9.70. The van der Waals surface area contributed by atoms with Gasteiger partial charge in [-0.05, 0) is 36.5 Å². The number of carbonyl (C=O) groups excluding carboxylic acids is 2. The predicted molar refractivity (Wildman–Crippen MR) is 92.3 cm³/mol. The van der Waals surface area contributed by atoms with Gasteiger partial charge in [-0.15, -0.1) is 0 Å². The van der Waals surface area contributed by atoms with Gasteiger partial charge < -0.3 is 9.84 Å². The molecule has 1 aliphatic carbocycles. The van der Waals surface area contributed by atoms with Crippen molar-refractivity contribution in [2.45, 2.75) is 78.9 Å². The number of ether oxygens (including phenoxy) is 1. The second-order valence-corrected chi connectivity index (χ2v) is 8.74. The highest BCUT2D eigenvalue weighted by Gasteiger charge is 2.50. The molecule has 0 radical (unpaired) electrons. The zero-order valence-electron chi connectivity index (χ0n) is 15.7. The fraction of sp³-hybridized carbons (Fsp3) is 0.895. The number of carbonyl (C=O) groups is 2. The van der Waals surface area contributed by atoms with E-state index < -0.39 is 18.1 Å². The van der Waals surface area contributed by atoms with E-state index in [-0.39, 0.29) is 29.9 Å². The minimum absolute atomic E-state index is 0.144. The lowest BCUT2D eigenvalue weighted by Crippen LogP contribution is -2.53. The van der Waals surface area contributed by atoms with Crippen molar-refractivity contribution in [2.75, 3.05) is 6.61 Å². The van der Waals surface area contributed by atoms with E-state index in [0.717, 1.165) is 25.7 Å². The molecular formula is C19H33NO4. The third-order valence-electron chi connectivity index (χ3n) is 5.60. The number of hydrogen-bond donors (Lipinski definition) is 1. The van der Waals surface area contributed by atoms with Crippen LogP contribution >= 0.6 is 0 Å². The largest absolute Gasteiger partial charge is 0.447 e. The molecule has 1 aliphatic heterocycles. The maximum atomic E-state index is 13.2. The molecule has 0 aromatic rings. The number of rotatable bonds is 4. The zero-order valence-corrected chi connectivity index (χ0v) is 15.7. The Labute approximate surface area is 145 Å². The van der Waals surface area contributed by atoms with Gasteiger partial charge in [-0.2, -0.15) is 0 Å². The highest BCUT2D eigenvalue weighted by atomic mass is 16.6. The lowest BCUT2D eigenvalue weighted by molar-refractivity contribution is -0.144. The van der Waals surface area contributed by atoms with E-state index in [1.165, 1.54) is 4.90 Å². The fourth-order valence-corrected chi connectivity index (χ4v) is 4.23. The van der Waals surface area contributed by atoms with Crippen molar-refractivity contribution < 1.29 is 19.4 Å². The van der Waals surface area contributed by atoms with Crippen LogP contribution in [-0.4, -0.2) is 40.8 Å². The van der Waals surface area contributed by atoms with Gasteiger partial charge in [0, 0.05) is 0 Å². The van der Waals surface area contributed by atoms with E-state index in [0.29, 0.717) is 12.3 Å². The van der Waals surface area contributed by atoms with E-state index in [1.807, 2.05) is 20.8 Å². The first-order valence-corrected chi connectivity index (χ1v) is 9.34. The Kier molecular flexibility index (Phi) is 5.95. The van der Waals surface area contributed by atoms with Crippen LogP contribution in [0.15, 0.2) is 0 Å². The molecule has 5 heteroatoms. The van der Waals surface area contributed by atoms with E-state index in [2.05, 4.69) is 13.8 Å². The molecule has 2 amide bonds. The molecule has 0 aromatic heterocycles. The van der Waals surface area contributed by atoms with Gasteiger partial charge in [0.05, 0.1) is 18.1 Å². The number of aliphatic hydroxyl groups excluding tert-OH is 1. The normalized spacial score (nSPS) is 34.3. The number of imide groups is 1. The molecule has 1 N–H and O–H groups in total. The smallest absolute Gasteiger partial charge is 0.417 e. The molecule has 5 atom stereocenters. The van der Waals surface area contributed by atoms with Crippen molar-refractivity contribution in [1.82, 2.24) is 4.90 Å². The van der Waals surface area contributed by atoms with E-state index in [4.69, 9.17) is 4.74 Å². The van der Waals surface area contributed by atoms with Crippen LogP contribution in [0.1, 0.15) is 66.7 Å². The average Bonchev–Trinajstić information content (AvgIpc) is 2.85. The number of nitrogens with zero attached hydrogens (tertiary/aromatic N) is 1. The maximum Gasteiger partial charge on any atom is 0.417 e. The van der Waals surface area contributed by atoms with Gasteiger partial charge in [0.2, 0.25) is 5.91 Å². The van der Waals surface area contributed by atoms with Crippen molar-refractivity contribution in [3.8, 4) is 0 Å². The fourth-order valence-electron chi connectivity index (χ4n) is 4.23. The van der Waals surface area contributed by atoms with Crippen molar-refractivity contribution >= 4 is 12.0 Å². The van der Waals surface area contributed by atoms with Crippen LogP contribution in [0.2, 0.25) is 0 Å². The van der Waals surface area contributed by atoms with Gasteiger partial charge in [0.15, 0.2) is 0 Å². The monoisotopic (exact) mass is 339 g/mol. The summed E-state index contributed by atoms with van der Waals surface area (Å²) >= 11 is 0. The SMILES string of the molecule is CCCC[C@@H]1C[C@H](C)C[C@@H](O)[C@H]1C(=O)N1C(=O)OC[C@@H]1C(C)(C)C. The Morgan fingerprint density at radius 1 is 1.33 bits per heavy atom. The molecule has 24 heavy (non-hydrogen) atoms. The minimum Gasteiger partial charge on any atom is -0.447 e. The lowest BCUT2D eigenvalue weighted by Gasteiger charge is -2.41. The molecule has 1 saturated heterocycles. The van der Waals surface area contributed by atoms with Crippen molar-refractivity contribution in [1.29, 1.82) is 0 Å². The zero-order chi connectivity index (χ0) is 18.1. The van der Waals surface area contributed by atoms with Gasteiger partial charge >= 0.3 is 6.09 Å². The maximum absolute atomic E-state index is 13.2. The summed E-state index contributed by atoms with van der Waals surface area (Å²) in [7, 11) is 0. The second kappa shape index (κ2) is 7.42. The summed E-state index contributed by atoms with van der Waals surface area (Å²) in [5.41, 5.74) is -0.242. The first-order chi connectivity index (χ1) is 11.2. The Morgan fingerprint density at radius 3 is 2.58 bits per heavy atom. The Balaban J connectivity index is 2.24. The first kappa shape index (κ1) is 19.2. The van der Waals surface area contributed by atoms with E-state index >= 15 is 0 Å². The molecule has 138 valence electrons. The summed E-state index contributed by atoms with van der Waals surface area (Å²) in [6.07, 6.45) is 3.38. The molecule has 2 rings (SSSR count).